The van der Waals surface area contributed by atoms with Gasteiger partial charge >= 0.3 is 0 Å². The Balaban J connectivity index is 2.11. The van der Waals surface area contributed by atoms with Crippen molar-refractivity contribution in [3.05, 3.63) is 64.4 Å². The lowest BCUT2D eigenvalue weighted by Gasteiger charge is -2.05. The van der Waals surface area contributed by atoms with Gasteiger partial charge in [-0.3, -0.25) is 4.99 Å². The quantitative estimate of drug-likeness (QED) is 0.618. The molecule has 86 valence electrons. The highest BCUT2D eigenvalue weighted by molar-refractivity contribution is 9.10. The summed E-state index contributed by atoms with van der Waals surface area (Å²) in [6.07, 6.45) is 1.81. The standard InChI is InChI=1S/C14H13BrN2/c1-11(12-6-3-2-4-7-12)16-10-13-8-5-9-14(15)17-13/h2-11H,1H3/b16-10+/t11-/m0/s1. The van der Waals surface area contributed by atoms with E-state index in [1.807, 2.05) is 42.6 Å². The van der Waals surface area contributed by atoms with Crippen molar-refractivity contribution >= 4 is 22.1 Å². The zero-order valence-electron chi connectivity index (χ0n) is 9.55. The highest BCUT2D eigenvalue weighted by Gasteiger charge is 2.00. The lowest BCUT2D eigenvalue weighted by molar-refractivity contribution is 0.824. The predicted octanol–water partition coefficient (Wildman–Crippen LogP) is 4.02. The number of benzene rings is 1. The monoisotopic (exact) mass is 288 g/mol. The molecule has 0 saturated carbocycles. The van der Waals surface area contributed by atoms with Crippen LogP contribution in [0.15, 0.2) is 58.1 Å². The average Bonchev–Trinajstić information content (AvgIpc) is 2.37. The van der Waals surface area contributed by atoms with Gasteiger partial charge in [0.25, 0.3) is 0 Å². The molecule has 3 heteroatoms. The van der Waals surface area contributed by atoms with E-state index in [-0.39, 0.29) is 6.04 Å². The van der Waals surface area contributed by atoms with Crippen LogP contribution in [0, 0.1) is 0 Å². The molecule has 0 radical (unpaired) electrons. The number of hydrogen-bond donors (Lipinski definition) is 0. The molecule has 0 fully saturated rings. The SMILES string of the molecule is C[C@H](/N=C/c1cccc(Br)n1)c1ccccc1. The number of hydrogen-bond acceptors (Lipinski definition) is 2. The Bertz CT molecular complexity index is 509. The van der Waals surface area contributed by atoms with Crippen LogP contribution in [0.1, 0.15) is 24.2 Å². The van der Waals surface area contributed by atoms with E-state index in [9.17, 15) is 0 Å². The van der Waals surface area contributed by atoms with Crippen LogP contribution in [0.25, 0.3) is 0 Å². The highest BCUT2D eigenvalue weighted by atomic mass is 79.9. The van der Waals surface area contributed by atoms with Gasteiger partial charge in [0.15, 0.2) is 0 Å². The molecule has 1 aromatic carbocycles. The number of rotatable bonds is 3. The lowest BCUT2D eigenvalue weighted by Crippen LogP contribution is -1.92. The molecule has 2 aromatic rings. The first-order valence-electron chi connectivity index (χ1n) is 5.46. The van der Waals surface area contributed by atoms with Crippen LogP contribution >= 0.6 is 15.9 Å². The molecule has 0 amide bonds. The Kier molecular flexibility index (Phi) is 4.04. The van der Waals surface area contributed by atoms with E-state index in [0.717, 1.165) is 10.3 Å². The second-order valence-electron chi connectivity index (χ2n) is 3.75. The van der Waals surface area contributed by atoms with Crippen molar-refractivity contribution in [1.82, 2.24) is 4.98 Å². The lowest BCUT2D eigenvalue weighted by atomic mass is 10.1. The third-order valence-electron chi connectivity index (χ3n) is 2.45. The van der Waals surface area contributed by atoms with Crippen LogP contribution in [-0.2, 0) is 0 Å². The zero-order chi connectivity index (χ0) is 12.1. The minimum atomic E-state index is 0.150. The molecular weight excluding hydrogens is 276 g/mol. The van der Waals surface area contributed by atoms with Crippen LogP contribution in [0.4, 0.5) is 0 Å². The molecule has 0 bridgehead atoms. The van der Waals surface area contributed by atoms with Crippen LogP contribution in [-0.4, -0.2) is 11.2 Å². The van der Waals surface area contributed by atoms with Crippen molar-refractivity contribution < 1.29 is 0 Å². The van der Waals surface area contributed by atoms with Crippen LogP contribution < -0.4 is 0 Å². The van der Waals surface area contributed by atoms with E-state index in [1.165, 1.54) is 5.56 Å². The molecule has 0 unspecified atom stereocenters. The smallest absolute Gasteiger partial charge is 0.106 e. The molecule has 1 aromatic heterocycles. The van der Waals surface area contributed by atoms with Crippen molar-refractivity contribution in [2.24, 2.45) is 4.99 Å². The van der Waals surface area contributed by atoms with Crippen molar-refractivity contribution in [2.75, 3.05) is 0 Å². The maximum Gasteiger partial charge on any atom is 0.106 e. The summed E-state index contributed by atoms with van der Waals surface area (Å²) in [5.74, 6) is 0. The molecule has 0 aliphatic heterocycles. The molecule has 0 aliphatic rings. The third kappa shape index (κ3) is 3.49. The summed E-state index contributed by atoms with van der Waals surface area (Å²) in [7, 11) is 0. The second-order valence-corrected chi connectivity index (χ2v) is 4.56. The predicted molar refractivity (Wildman–Crippen MR) is 74.4 cm³/mol. The third-order valence-corrected chi connectivity index (χ3v) is 2.89. The summed E-state index contributed by atoms with van der Waals surface area (Å²) in [6, 6.07) is 16.2. The summed E-state index contributed by atoms with van der Waals surface area (Å²) >= 11 is 3.34. The van der Waals surface area contributed by atoms with Gasteiger partial charge in [0.05, 0.1) is 11.7 Å². The van der Waals surface area contributed by atoms with Gasteiger partial charge in [0, 0.05) is 6.21 Å². The van der Waals surface area contributed by atoms with E-state index in [1.54, 1.807) is 0 Å². The van der Waals surface area contributed by atoms with Gasteiger partial charge in [-0.05, 0) is 40.5 Å². The Morgan fingerprint density at radius 1 is 1.12 bits per heavy atom. The van der Waals surface area contributed by atoms with E-state index >= 15 is 0 Å². The van der Waals surface area contributed by atoms with Crippen LogP contribution in [0.3, 0.4) is 0 Å². The fraction of sp³-hybridized carbons (Fsp3) is 0.143. The van der Waals surface area contributed by atoms with E-state index in [4.69, 9.17) is 0 Å². The maximum absolute atomic E-state index is 4.50. The molecule has 0 N–H and O–H groups in total. The molecule has 0 saturated heterocycles. The van der Waals surface area contributed by atoms with E-state index in [2.05, 4.69) is 45.0 Å². The summed E-state index contributed by atoms with van der Waals surface area (Å²) < 4.78 is 0.828. The Morgan fingerprint density at radius 3 is 2.59 bits per heavy atom. The van der Waals surface area contributed by atoms with Gasteiger partial charge in [-0.2, -0.15) is 0 Å². The zero-order valence-corrected chi connectivity index (χ0v) is 11.1. The second kappa shape index (κ2) is 5.73. The summed E-state index contributed by atoms with van der Waals surface area (Å²) in [5, 5.41) is 0. The van der Waals surface area contributed by atoms with Crippen molar-refractivity contribution in [2.45, 2.75) is 13.0 Å². The fourth-order valence-electron chi connectivity index (χ4n) is 1.50. The molecule has 17 heavy (non-hydrogen) atoms. The fourth-order valence-corrected chi connectivity index (χ4v) is 1.86. The Labute approximate surface area is 110 Å². The first-order chi connectivity index (χ1) is 8.25. The van der Waals surface area contributed by atoms with Crippen molar-refractivity contribution in [1.29, 1.82) is 0 Å². The topological polar surface area (TPSA) is 25.2 Å². The van der Waals surface area contributed by atoms with Gasteiger partial charge in [0.2, 0.25) is 0 Å². The van der Waals surface area contributed by atoms with Crippen LogP contribution in [0.5, 0.6) is 0 Å². The summed E-state index contributed by atoms with van der Waals surface area (Å²) in [5.41, 5.74) is 2.07. The van der Waals surface area contributed by atoms with Crippen LogP contribution in [0.2, 0.25) is 0 Å². The number of halogens is 1. The highest BCUT2D eigenvalue weighted by Crippen LogP contribution is 2.15. The van der Waals surface area contributed by atoms with Crippen molar-refractivity contribution in [3.8, 4) is 0 Å². The van der Waals surface area contributed by atoms with Gasteiger partial charge < -0.3 is 0 Å². The van der Waals surface area contributed by atoms with Gasteiger partial charge in [0.1, 0.15) is 4.60 Å². The molecule has 2 rings (SSSR count). The number of aliphatic imine (C=N–C) groups is 1. The average molecular weight is 289 g/mol. The van der Waals surface area contributed by atoms with Crippen molar-refractivity contribution in [3.63, 3.8) is 0 Å². The maximum atomic E-state index is 4.50. The molecular formula is C14H13BrN2. The minimum Gasteiger partial charge on any atom is -0.283 e. The molecule has 2 nitrogen and oxygen atoms in total. The summed E-state index contributed by atoms with van der Waals surface area (Å²) in [4.78, 5) is 8.80. The van der Waals surface area contributed by atoms with Gasteiger partial charge in [-0.15, -0.1) is 0 Å². The summed E-state index contributed by atoms with van der Waals surface area (Å²) in [6.45, 7) is 2.07. The largest absolute Gasteiger partial charge is 0.283 e. The molecule has 0 spiro atoms. The van der Waals surface area contributed by atoms with Gasteiger partial charge in [-0.1, -0.05) is 36.4 Å². The number of aromatic nitrogens is 1. The van der Waals surface area contributed by atoms with Gasteiger partial charge in [-0.25, -0.2) is 4.98 Å². The number of pyridine rings is 1. The molecule has 1 atom stereocenters. The van der Waals surface area contributed by atoms with E-state index in [0.29, 0.717) is 0 Å². The molecule has 1 heterocycles. The molecule has 0 aliphatic carbocycles. The Morgan fingerprint density at radius 2 is 1.88 bits per heavy atom. The minimum absolute atomic E-state index is 0.150. The van der Waals surface area contributed by atoms with E-state index < -0.39 is 0 Å². The Hall–Kier alpha value is -1.48. The number of nitrogens with zero attached hydrogens (tertiary/aromatic N) is 2. The normalized spacial score (nSPS) is 12.8. The first-order valence-corrected chi connectivity index (χ1v) is 6.25. The first kappa shape index (κ1) is 12.0.